The van der Waals surface area contributed by atoms with Crippen LogP contribution in [0.3, 0.4) is 0 Å². The van der Waals surface area contributed by atoms with Crippen molar-refractivity contribution < 1.29 is 0 Å². The Morgan fingerprint density at radius 1 is 0.500 bits per heavy atom. The molecule has 0 unspecified atom stereocenters. The molecule has 0 heterocycles. The van der Waals surface area contributed by atoms with Gasteiger partial charge in [-0.2, -0.15) is 0 Å². The summed E-state index contributed by atoms with van der Waals surface area (Å²) in [6, 6.07) is 36.9. The van der Waals surface area contributed by atoms with Crippen molar-refractivity contribution in [1.82, 2.24) is 0 Å². The second kappa shape index (κ2) is 8.43. The fraction of sp³-hybridized carbons (Fsp3) is 0. The van der Waals surface area contributed by atoms with E-state index in [1.54, 1.807) is 23.5 Å². The maximum atomic E-state index is 4.01. The summed E-state index contributed by atoms with van der Waals surface area (Å²) in [5, 5.41) is 5.09. The maximum absolute atomic E-state index is 4.01. The lowest BCUT2D eigenvalue weighted by Crippen LogP contribution is -1.83. The van der Waals surface area contributed by atoms with Gasteiger partial charge in [0.1, 0.15) is 0 Å². The molecule has 0 radical (unpaired) electrons. The Kier molecular flexibility index (Phi) is 5.35. The van der Waals surface area contributed by atoms with Crippen LogP contribution in [0.5, 0.6) is 0 Å². The summed E-state index contributed by atoms with van der Waals surface area (Å²) in [6.07, 6.45) is 1.94. The molecular weight excluding hydrogens is 400 g/mol. The van der Waals surface area contributed by atoms with E-state index in [4.69, 9.17) is 0 Å². The number of hydrogen-bond donors (Lipinski definition) is 0. The number of hydrogen-bond acceptors (Lipinski definition) is 2. The summed E-state index contributed by atoms with van der Waals surface area (Å²) in [7, 11) is 0. The summed E-state index contributed by atoms with van der Waals surface area (Å²) in [6.45, 7) is 4.01. The molecule has 0 amide bonds. The van der Waals surface area contributed by atoms with Crippen LogP contribution >= 0.6 is 23.5 Å². The highest BCUT2D eigenvalue weighted by Crippen LogP contribution is 2.37. The van der Waals surface area contributed by atoms with E-state index in [0.717, 1.165) is 5.56 Å². The molecule has 5 aromatic rings. The Labute approximate surface area is 185 Å². The average Bonchev–Trinajstić information content (AvgIpc) is 2.79. The SMILES string of the molecule is C=Cc1ccc(Sc2ccc3ccccc3c2)cc1Sc1ccc2ccccc2c1. The molecule has 0 atom stereocenters. The van der Waals surface area contributed by atoms with Crippen molar-refractivity contribution in [2.45, 2.75) is 19.6 Å². The lowest BCUT2D eigenvalue weighted by molar-refractivity contribution is 1.30. The Bertz CT molecular complexity index is 1370. The molecule has 0 aliphatic rings. The predicted octanol–water partition coefficient (Wildman–Crippen LogP) is 8.94. The van der Waals surface area contributed by atoms with Gasteiger partial charge in [0.2, 0.25) is 0 Å². The third kappa shape index (κ3) is 4.02. The predicted molar refractivity (Wildman–Crippen MR) is 133 cm³/mol. The van der Waals surface area contributed by atoms with Crippen molar-refractivity contribution in [2.75, 3.05) is 0 Å². The largest absolute Gasteiger partial charge is 0.0984 e. The highest BCUT2D eigenvalue weighted by atomic mass is 32.2. The Morgan fingerprint density at radius 2 is 1.00 bits per heavy atom. The molecule has 5 rings (SSSR count). The minimum absolute atomic E-state index is 1.16. The lowest BCUT2D eigenvalue weighted by atomic mass is 10.1. The number of rotatable bonds is 5. The van der Waals surface area contributed by atoms with Crippen LogP contribution < -0.4 is 0 Å². The van der Waals surface area contributed by atoms with Gasteiger partial charge in [-0.1, -0.05) is 103 Å². The standard InChI is InChI=1S/C28H20S2/c1-2-20-11-14-27(29-25-15-12-21-7-3-5-9-23(21)17-25)19-28(20)30-26-16-13-22-8-4-6-10-24(22)18-26/h2-19H,1H2. The van der Waals surface area contributed by atoms with Crippen LogP contribution in [-0.4, -0.2) is 0 Å². The molecule has 0 bridgehead atoms. The van der Waals surface area contributed by atoms with Crippen LogP contribution in [0.15, 0.2) is 129 Å². The van der Waals surface area contributed by atoms with Crippen LogP contribution in [0.1, 0.15) is 5.56 Å². The molecule has 30 heavy (non-hydrogen) atoms. The van der Waals surface area contributed by atoms with Crippen molar-refractivity contribution in [3.8, 4) is 0 Å². The zero-order valence-electron chi connectivity index (χ0n) is 16.4. The first kappa shape index (κ1) is 19.0. The van der Waals surface area contributed by atoms with Crippen molar-refractivity contribution >= 4 is 51.1 Å². The summed E-state index contributed by atoms with van der Waals surface area (Å²) >= 11 is 3.60. The van der Waals surface area contributed by atoms with Gasteiger partial charge in [-0.25, -0.2) is 0 Å². The summed E-state index contributed by atoms with van der Waals surface area (Å²) in [4.78, 5) is 4.96. The fourth-order valence-corrected chi connectivity index (χ4v) is 5.57. The monoisotopic (exact) mass is 420 g/mol. The third-order valence-electron chi connectivity index (χ3n) is 5.11. The first-order chi connectivity index (χ1) is 14.8. The fourth-order valence-electron chi connectivity index (χ4n) is 3.56. The van der Waals surface area contributed by atoms with E-state index in [1.165, 1.54) is 41.1 Å². The van der Waals surface area contributed by atoms with Gasteiger partial charge in [-0.3, -0.25) is 0 Å². The second-order valence-electron chi connectivity index (χ2n) is 7.13. The molecule has 5 aromatic carbocycles. The molecule has 144 valence electrons. The minimum atomic E-state index is 1.16. The molecule has 0 nitrogen and oxygen atoms in total. The second-order valence-corrected chi connectivity index (χ2v) is 9.39. The van der Waals surface area contributed by atoms with Gasteiger partial charge in [-0.15, -0.1) is 0 Å². The normalized spacial score (nSPS) is 11.1. The van der Waals surface area contributed by atoms with Crippen LogP contribution in [0, 0.1) is 0 Å². The quantitative estimate of drug-likeness (QED) is 0.278. The van der Waals surface area contributed by atoms with E-state index in [9.17, 15) is 0 Å². The summed E-state index contributed by atoms with van der Waals surface area (Å²) in [5.41, 5.74) is 1.16. The molecule has 0 fully saturated rings. The van der Waals surface area contributed by atoms with Gasteiger partial charge >= 0.3 is 0 Å². The highest BCUT2D eigenvalue weighted by molar-refractivity contribution is 8.00. The third-order valence-corrected chi connectivity index (χ3v) is 7.15. The Morgan fingerprint density at radius 3 is 1.60 bits per heavy atom. The molecule has 2 heteroatoms. The lowest BCUT2D eigenvalue weighted by Gasteiger charge is -2.10. The molecule has 0 N–H and O–H groups in total. The smallest absolute Gasteiger partial charge is 0.0205 e. The average molecular weight is 421 g/mol. The van der Waals surface area contributed by atoms with Gasteiger partial charge < -0.3 is 0 Å². The Hall–Kier alpha value is -2.94. The van der Waals surface area contributed by atoms with Gasteiger partial charge in [-0.05, 0) is 63.5 Å². The van der Waals surface area contributed by atoms with E-state index in [2.05, 4.69) is 110 Å². The van der Waals surface area contributed by atoms with Gasteiger partial charge in [0, 0.05) is 19.6 Å². The van der Waals surface area contributed by atoms with Crippen molar-refractivity contribution in [3.63, 3.8) is 0 Å². The van der Waals surface area contributed by atoms with Gasteiger partial charge in [0.15, 0.2) is 0 Å². The molecular formula is C28H20S2. The van der Waals surface area contributed by atoms with E-state index < -0.39 is 0 Å². The van der Waals surface area contributed by atoms with Crippen molar-refractivity contribution in [2.24, 2.45) is 0 Å². The number of fused-ring (bicyclic) bond motifs is 2. The van der Waals surface area contributed by atoms with Crippen LogP contribution in [0.2, 0.25) is 0 Å². The van der Waals surface area contributed by atoms with Crippen LogP contribution in [0.4, 0.5) is 0 Å². The molecule has 0 aromatic heterocycles. The Balaban J connectivity index is 1.45. The zero-order valence-corrected chi connectivity index (χ0v) is 18.0. The van der Waals surface area contributed by atoms with Crippen LogP contribution in [0.25, 0.3) is 27.6 Å². The maximum Gasteiger partial charge on any atom is 0.0205 e. The number of benzene rings is 5. The molecule has 0 saturated carbocycles. The van der Waals surface area contributed by atoms with Gasteiger partial charge in [0.05, 0.1) is 0 Å². The van der Waals surface area contributed by atoms with Crippen molar-refractivity contribution in [3.05, 3.63) is 115 Å². The topological polar surface area (TPSA) is 0 Å². The first-order valence-corrected chi connectivity index (χ1v) is 11.5. The van der Waals surface area contributed by atoms with E-state index in [1.807, 2.05) is 6.08 Å². The molecule has 0 spiro atoms. The zero-order chi connectivity index (χ0) is 20.3. The highest BCUT2D eigenvalue weighted by Gasteiger charge is 2.07. The molecule has 0 aliphatic heterocycles. The minimum Gasteiger partial charge on any atom is -0.0984 e. The van der Waals surface area contributed by atoms with Gasteiger partial charge in [0.25, 0.3) is 0 Å². The summed E-state index contributed by atoms with van der Waals surface area (Å²) < 4.78 is 0. The first-order valence-electron chi connectivity index (χ1n) is 9.88. The van der Waals surface area contributed by atoms with Crippen molar-refractivity contribution in [1.29, 1.82) is 0 Å². The molecule has 0 saturated heterocycles. The van der Waals surface area contributed by atoms with E-state index in [-0.39, 0.29) is 0 Å². The summed E-state index contributed by atoms with van der Waals surface area (Å²) in [5.74, 6) is 0. The van der Waals surface area contributed by atoms with E-state index >= 15 is 0 Å². The molecule has 0 aliphatic carbocycles. The van der Waals surface area contributed by atoms with Crippen LogP contribution in [-0.2, 0) is 0 Å². The van der Waals surface area contributed by atoms with E-state index in [0.29, 0.717) is 0 Å².